The molecule has 1 amide bonds. The molecule has 4 aromatic rings. The largest absolute Gasteiger partial charge is 0.497 e. The minimum Gasteiger partial charge on any atom is -0.497 e. The van der Waals surface area contributed by atoms with E-state index in [0.717, 1.165) is 33.6 Å². The molecule has 0 aliphatic heterocycles. The van der Waals surface area contributed by atoms with Crippen LogP contribution >= 0.6 is 11.8 Å². The molecule has 1 heterocycles. The molecule has 0 saturated heterocycles. The van der Waals surface area contributed by atoms with Gasteiger partial charge in [0.25, 0.3) is 0 Å². The molecule has 192 valence electrons. The lowest BCUT2D eigenvalue weighted by molar-refractivity contribution is -0.115. The van der Waals surface area contributed by atoms with Crippen molar-refractivity contribution < 1.29 is 14.3 Å². The number of aryl methyl sites for hydroxylation is 2. The highest BCUT2D eigenvalue weighted by Gasteiger charge is 2.19. The number of anilines is 1. The van der Waals surface area contributed by atoms with Gasteiger partial charge in [-0.2, -0.15) is 5.26 Å². The molecule has 4 rings (SSSR count). The number of nitrogens with zero attached hydrogens (tertiary/aromatic N) is 2. The maximum absolute atomic E-state index is 12.7. The molecule has 7 heteroatoms. The second-order valence-electron chi connectivity index (χ2n) is 8.80. The predicted molar refractivity (Wildman–Crippen MR) is 153 cm³/mol. The Morgan fingerprint density at radius 2 is 1.68 bits per heavy atom. The minimum atomic E-state index is -0.0880. The van der Waals surface area contributed by atoms with Gasteiger partial charge in [-0.25, -0.2) is 4.98 Å². The third-order valence-corrected chi connectivity index (χ3v) is 6.91. The summed E-state index contributed by atoms with van der Waals surface area (Å²) in [4.78, 5) is 17.5. The molecule has 0 atom stereocenters. The second kappa shape index (κ2) is 12.3. The Bertz CT molecular complexity index is 1480. The number of hydrogen-bond donors (Lipinski definition) is 1. The first-order valence-corrected chi connectivity index (χ1v) is 13.1. The molecule has 0 bridgehead atoms. The second-order valence-corrected chi connectivity index (χ2v) is 9.89. The smallest absolute Gasteiger partial charge is 0.225 e. The van der Waals surface area contributed by atoms with Crippen LogP contribution in [0.4, 0.5) is 5.69 Å². The van der Waals surface area contributed by atoms with Crippen LogP contribution in [-0.2, 0) is 4.79 Å². The number of benzene rings is 3. The van der Waals surface area contributed by atoms with Crippen LogP contribution in [0.3, 0.4) is 0 Å². The molecule has 0 aliphatic rings. The number of nitriles is 1. The van der Waals surface area contributed by atoms with Crippen molar-refractivity contribution in [1.82, 2.24) is 4.98 Å². The molecule has 0 saturated carbocycles. The van der Waals surface area contributed by atoms with E-state index >= 15 is 0 Å². The molecule has 1 N–H and O–H groups in total. The predicted octanol–water partition coefficient (Wildman–Crippen LogP) is 7.04. The monoisotopic (exact) mass is 523 g/mol. The number of rotatable bonds is 9. The summed E-state index contributed by atoms with van der Waals surface area (Å²) in [5.74, 6) is 1.65. The van der Waals surface area contributed by atoms with Crippen molar-refractivity contribution in [2.75, 3.05) is 25.3 Å². The average Bonchev–Trinajstić information content (AvgIpc) is 2.92. The van der Waals surface area contributed by atoms with Crippen LogP contribution in [-0.4, -0.2) is 30.9 Å². The number of nitrogens with one attached hydrogen (secondary N) is 1. The lowest BCUT2D eigenvalue weighted by Crippen LogP contribution is -2.12. The maximum atomic E-state index is 12.7. The SMILES string of the molecule is COc1ccc(OC)c(-c2cc(-c3ccccc3)nc(SCCC(=O)Nc3cc(C)cc(C)c3)c2C#N)c1. The summed E-state index contributed by atoms with van der Waals surface area (Å²) >= 11 is 1.39. The molecular weight excluding hydrogens is 494 g/mol. The number of thioether (sulfide) groups is 1. The zero-order valence-electron chi connectivity index (χ0n) is 21.9. The normalized spacial score (nSPS) is 10.5. The summed E-state index contributed by atoms with van der Waals surface area (Å²) in [6.45, 7) is 4.00. The van der Waals surface area contributed by atoms with E-state index < -0.39 is 0 Å². The quantitative estimate of drug-likeness (QED) is 0.237. The van der Waals surface area contributed by atoms with Crippen molar-refractivity contribution in [3.8, 4) is 40.0 Å². The van der Waals surface area contributed by atoms with Gasteiger partial charge in [-0.3, -0.25) is 4.79 Å². The lowest BCUT2D eigenvalue weighted by atomic mass is 9.98. The molecule has 1 aromatic heterocycles. The first-order valence-electron chi connectivity index (χ1n) is 12.2. The van der Waals surface area contributed by atoms with Gasteiger partial charge in [0.05, 0.1) is 25.5 Å². The van der Waals surface area contributed by atoms with Crippen LogP contribution in [0.1, 0.15) is 23.1 Å². The third-order valence-electron chi connectivity index (χ3n) is 5.94. The Balaban J connectivity index is 1.67. The highest BCUT2D eigenvalue weighted by molar-refractivity contribution is 7.99. The Morgan fingerprint density at radius 3 is 2.34 bits per heavy atom. The van der Waals surface area contributed by atoms with Crippen molar-refractivity contribution in [2.24, 2.45) is 0 Å². The number of aromatic nitrogens is 1. The summed E-state index contributed by atoms with van der Waals surface area (Å²) < 4.78 is 11.1. The highest BCUT2D eigenvalue weighted by Crippen LogP contribution is 2.40. The van der Waals surface area contributed by atoms with Gasteiger partial charge in [0, 0.05) is 34.6 Å². The average molecular weight is 524 g/mol. The number of methoxy groups -OCH3 is 2. The van der Waals surface area contributed by atoms with Crippen molar-refractivity contribution in [1.29, 1.82) is 5.26 Å². The van der Waals surface area contributed by atoms with Crippen molar-refractivity contribution in [2.45, 2.75) is 25.3 Å². The number of carbonyl (C=O) groups excluding carboxylic acids is 1. The summed E-state index contributed by atoms with van der Waals surface area (Å²) in [5, 5.41) is 13.7. The van der Waals surface area contributed by atoms with E-state index in [0.29, 0.717) is 33.4 Å². The Kier molecular flexibility index (Phi) is 8.67. The Morgan fingerprint density at radius 1 is 0.947 bits per heavy atom. The van der Waals surface area contributed by atoms with Crippen LogP contribution < -0.4 is 14.8 Å². The van der Waals surface area contributed by atoms with Gasteiger partial charge in [-0.15, -0.1) is 11.8 Å². The van der Waals surface area contributed by atoms with E-state index in [9.17, 15) is 10.1 Å². The number of carbonyl (C=O) groups is 1. The Hall–Kier alpha value is -4.28. The van der Waals surface area contributed by atoms with Gasteiger partial charge < -0.3 is 14.8 Å². The first kappa shape index (κ1) is 26.8. The van der Waals surface area contributed by atoms with Crippen molar-refractivity contribution in [3.05, 3.63) is 89.5 Å². The minimum absolute atomic E-state index is 0.0880. The van der Waals surface area contributed by atoms with Gasteiger partial charge in [0.1, 0.15) is 22.6 Å². The number of pyridine rings is 1. The topological polar surface area (TPSA) is 84.2 Å². The van der Waals surface area contributed by atoms with Crippen LogP contribution in [0.15, 0.2) is 77.8 Å². The molecule has 0 aliphatic carbocycles. The number of hydrogen-bond acceptors (Lipinski definition) is 6. The fourth-order valence-electron chi connectivity index (χ4n) is 4.24. The molecule has 0 radical (unpaired) electrons. The molecule has 3 aromatic carbocycles. The van der Waals surface area contributed by atoms with E-state index in [2.05, 4.69) is 17.5 Å². The Labute approximate surface area is 227 Å². The highest BCUT2D eigenvalue weighted by atomic mass is 32.2. The summed E-state index contributed by atoms with van der Waals surface area (Å²) in [5.41, 5.74) is 6.48. The van der Waals surface area contributed by atoms with E-state index in [1.807, 2.05) is 80.6 Å². The fourth-order valence-corrected chi connectivity index (χ4v) is 5.18. The molecule has 0 unspecified atom stereocenters. The number of amides is 1. The first-order chi connectivity index (χ1) is 18.4. The van der Waals surface area contributed by atoms with E-state index in [4.69, 9.17) is 14.5 Å². The summed E-state index contributed by atoms with van der Waals surface area (Å²) in [6, 6.07) is 25.5. The van der Waals surface area contributed by atoms with Gasteiger partial charge in [-0.1, -0.05) is 36.4 Å². The molecule has 6 nitrogen and oxygen atoms in total. The maximum Gasteiger partial charge on any atom is 0.225 e. The van der Waals surface area contributed by atoms with Crippen LogP contribution in [0.2, 0.25) is 0 Å². The molecule has 38 heavy (non-hydrogen) atoms. The van der Waals surface area contributed by atoms with Gasteiger partial charge in [0.2, 0.25) is 5.91 Å². The van der Waals surface area contributed by atoms with E-state index in [-0.39, 0.29) is 12.3 Å². The van der Waals surface area contributed by atoms with Gasteiger partial charge in [-0.05, 0) is 61.4 Å². The number of ether oxygens (including phenoxy) is 2. The third kappa shape index (κ3) is 6.34. The summed E-state index contributed by atoms with van der Waals surface area (Å²) in [7, 11) is 3.20. The van der Waals surface area contributed by atoms with Crippen LogP contribution in [0.25, 0.3) is 22.4 Å². The molecule has 0 spiro atoms. The van der Waals surface area contributed by atoms with Crippen LogP contribution in [0, 0.1) is 25.2 Å². The summed E-state index contributed by atoms with van der Waals surface area (Å²) in [6.07, 6.45) is 0.275. The molecule has 0 fully saturated rings. The van der Waals surface area contributed by atoms with Crippen LogP contribution in [0.5, 0.6) is 11.5 Å². The van der Waals surface area contributed by atoms with Gasteiger partial charge in [0.15, 0.2) is 0 Å². The van der Waals surface area contributed by atoms with Crippen molar-refractivity contribution >= 4 is 23.4 Å². The van der Waals surface area contributed by atoms with E-state index in [1.54, 1.807) is 14.2 Å². The lowest BCUT2D eigenvalue weighted by Gasteiger charge is -2.15. The zero-order valence-corrected chi connectivity index (χ0v) is 22.7. The van der Waals surface area contributed by atoms with E-state index in [1.165, 1.54) is 11.8 Å². The zero-order chi connectivity index (χ0) is 27.1. The van der Waals surface area contributed by atoms with Gasteiger partial charge >= 0.3 is 0 Å². The standard InChI is InChI=1S/C31H29N3O3S/c1-20-14-21(2)16-23(15-20)33-30(35)12-13-38-31-27(19-32)25(18-28(34-31)22-8-6-5-7-9-22)26-17-24(36-3)10-11-29(26)37-4/h5-11,14-18H,12-13H2,1-4H3,(H,33,35). The fraction of sp³-hybridized carbons (Fsp3) is 0.194. The van der Waals surface area contributed by atoms with Crippen molar-refractivity contribution in [3.63, 3.8) is 0 Å². The molecular formula is C31H29N3O3S.